The predicted octanol–water partition coefficient (Wildman–Crippen LogP) is 1.17. The lowest BCUT2D eigenvalue weighted by Gasteiger charge is -2.39. The highest BCUT2D eigenvalue weighted by molar-refractivity contribution is 7.91. The first-order valence-electron chi connectivity index (χ1n) is 7.53. The van der Waals surface area contributed by atoms with Crippen LogP contribution in [0.25, 0.3) is 0 Å². The third kappa shape index (κ3) is 2.79. The van der Waals surface area contributed by atoms with E-state index >= 15 is 0 Å². The Hall–Kier alpha value is -1.03. The molecule has 2 saturated heterocycles. The zero-order chi connectivity index (χ0) is 17.0. The van der Waals surface area contributed by atoms with Crippen LogP contribution in [0.4, 0.5) is 0 Å². The van der Waals surface area contributed by atoms with E-state index in [9.17, 15) is 13.2 Å². The van der Waals surface area contributed by atoms with Gasteiger partial charge in [-0.3, -0.25) is 4.79 Å². The molecule has 128 valence electrons. The Balaban J connectivity index is 1.90. The zero-order valence-electron chi connectivity index (χ0n) is 13.7. The number of ether oxygens (including phenoxy) is 1. The normalized spacial score (nSPS) is 28.3. The largest absolute Gasteiger partial charge is 0.339 e. The van der Waals surface area contributed by atoms with E-state index < -0.39 is 21.3 Å². The minimum absolute atomic E-state index is 0.126. The highest BCUT2D eigenvalue weighted by Crippen LogP contribution is 2.36. The molecule has 1 atom stereocenters. The van der Waals surface area contributed by atoms with E-state index in [0.29, 0.717) is 25.1 Å². The van der Waals surface area contributed by atoms with Crippen molar-refractivity contribution in [3.63, 3.8) is 0 Å². The van der Waals surface area contributed by atoms with Gasteiger partial charge >= 0.3 is 0 Å². The number of sulfonamides is 1. The van der Waals surface area contributed by atoms with E-state index in [-0.39, 0.29) is 16.7 Å². The molecule has 3 heterocycles. The number of thiazole rings is 1. The van der Waals surface area contributed by atoms with Crippen molar-refractivity contribution in [2.24, 2.45) is 0 Å². The van der Waals surface area contributed by atoms with Crippen LogP contribution in [0.1, 0.15) is 37.4 Å². The summed E-state index contributed by atoms with van der Waals surface area (Å²) in [7, 11) is -3.63. The maximum Gasteiger partial charge on any atom is 0.254 e. The Kier molecular flexibility index (Phi) is 3.83. The molecule has 0 bridgehead atoms. The molecule has 2 aliphatic heterocycles. The number of piperidine rings is 1. The predicted molar refractivity (Wildman–Crippen MR) is 85.6 cm³/mol. The maximum atomic E-state index is 12.9. The standard InChI is InChI=1S/C14H21N3O4S2/c1-9-11(22-10(2)15-9)23(19,20)17-7-5-6-14(8-17)16-12(18)13(3,4)21-14/h5-8H2,1-4H3,(H,16,18). The molecule has 1 amide bonds. The molecule has 1 spiro atoms. The van der Waals surface area contributed by atoms with Crippen molar-refractivity contribution in [1.82, 2.24) is 14.6 Å². The summed E-state index contributed by atoms with van der Waals surface area (Å²) in [5.41, 5.74) is -1.35. The first-order valence-corrected chi connectivity index (χ1v) is 9.78. The van der Waals surface area contributed by atoms with Crippen molar-refractivity contribution >= 4 is 27.3 Å². The minimum atomic E-state index is -3.63. The molecule has 0 aromatic carbocycles. The van der Waals surface area contributed by atoms with Crippen LogP contribution in [0.3, 0.4) is 0 Å². The third-order valence-electron chi connectivity index (χ3n) is 4.19. The van der Waals surface area contributed by atoms with E-state index in [1.165, 1.54) is 15.6 Å². The molecule has 1 aromatic heterocycles. The van der Waals surface area contributed by atoms with Crippen molar-refractivity contribution < 1.29 is 17.9 Å². The Bertz CT molecular complexity index is 756. The number of nitrogens with zero attached hydrogens (tertiary/aromatic N) is 2. The van der Waals surface area contributed by atoms with Crippen LogP contribution in [-0.4, -0.2) is 48.0 Å². The lowest BCUT2D eigenvalue weighted by molar-refractivity contribution is -0.137. The van der Waals surface area contributed by atoms with Gasteiger partial charge in [-0.25, -0.2) is 13.4 Å². The molecular weight excluding hydrogens is 338 g/mol. The van der Waals surface area contributed by atoms with Crippen LogP contribution < -0.4 is 5.32 Å². The van der Waals surface area contributed by atoms with Gasteiger partial charge < -0.3 is 10.1 Å². The first kappa shape index (κ1) is 16.8. The van der Waals surface area contributed by atoms with Gasteiger partial charge in [0.25, 0.3) is 15.9 Å². The number of carbonyl (C=O) groups is 1. The van der Waals surface area contributed by atoms with E-state index in [0.717, 1.165) is 5.01 Å². The lowest BCUT2D eigenvalue weighted by atomic mass is 10.0. The Morgan fingerprint density at radius 2 is 2.04 bits per heavy atom. The second kappa shape index (κ2) is 5.23. The summed E-state index contributed by atoms with van der Waals surface area (Å²) in [5, 5.41) is 3.57. The molecule has 0 radical (unpaired) electrons. The smallest absolute Gasteiger partial charge is 0.254 e. The molecule has 1 aromatic rings. The summed E-state index contributed by atoms with van der Waals surface area (Å²) < 4.78 is 33.4. The fourth-order valence-electron chi connectivity index (χ4n) is 3.16. The fraction of sp³-hybridized carbons (Fsp3) is 0.714. The summed E-state index contributed by atoms with van der Waals surface area (Å²) in [4.78, 5) is 16.2. The third-order valence-corrected chi connectivity index (χ3v) is 7.70. The van der Waals surface area contributed by atoms with E-state index in [1.54, 1.807) is 27.7 Å². The molecule has 9 heteroatoms. The van der Waals surface area contributed by atoms with Crippen LogP contribution >= 0.6 is 11.3 Å². The molecule has 2 fully saturated rings. The minimum Gasteiger partial charge on any atom is -0.339 e. The van der Waals surface area contributed by atoms with Crippen LogP contribution in [0.2, 0.25) is 0 Å². The Labute approximate surface area is 140 Å². The van der Waals surface area contributed by atoms with Gasteiger partial charge in [0.2, 0.25) is 0 Å². The number of aryl methyl sites for hydroxylation is 2. The quantitative estimate of drug-likeness (QED) is 0.856. The average molecular weight is 359 g/mol. The van der Waals surface area contributed by atoms with Crippen LogP contribution in [0.15, 0.2) is 4.21 Å². The number of hydrogen-bond donors (Lipinski definition) is 1. The second-order valence-electron chi connectivity index (χ2n) is 6.61. The van der Waals surface area contributed by atoms with Crippen molar-refractivity contribution in [3.8, 4) is 0 Å². The highest BCUT2D eigenvalue weighted by Gasteiger charge is 2.53. The number of rotatable bonds is 2. The second-order valence-corrected chi connectivity index (χ2v) is 9.95. The number of amides is 1. The Morgan fingerprint density at radius 3 is 2.57 bits per heavy atom. The SMILES string of the molecule is Cc1nc(C)c(S(=O)(=O)N2CCCC3(C2)NC(=O)C(C)(C)O3)s1. The van der Waals surface area contributed by atoms with E-state index in [1.807, 2.05) is 0 Å². The van der Waals surface area contributed by atoms with Gasteiger partial charge in [0.1, 0.15) is 5.60 Å². The number of aromatic nitrogens is 1. The lowest BCUT2D eigenvalue weighted by Crippen LogP contribution is -2.56. The van der Waals surface area contributed by atoms with Gasteiger partial charge in [-0.2, -0.15) is 4.31 Å². The fourth-order valence-corrected chi connectivity index (χ4v) is 6.31. The van der Waals surface area contributed by atoms with Gasteiger partial charge in [-0.15, -0.1) is 11.3 Å². The molecule has 1 unspecified atom stereocenters. The molecule has 2 aliphatic rings. The van der Waals surface area contributed by atoms with Crippen molar-refractivity contribution in [2.45, 2.75) is 56.1 Å². The molecular formula is C14H21N3O4S2. The van der Waals surface area contributed by atoms with Gasteiger partial charge in [0, 0.05) is 6.54 Å². The number of hydrogen-bond acceptors (Lipinski definition) is 6. The maximum absolute atomic E-state index is 12.9. The number of nitrogens with one attached hydrogen (secondary N) is 1. The molecule has 0 saturated carbocycles. The summed E-state index contributed by atoms with van der Waals surface area (Å²) in [6, 6.07) is 0. The monoisotopic (exact) mass is 359 g/mol. The molecule has 23 heavy (non-hydrogen) atoms. The molecule has 3 rings (SSSR count). The van der Waals surface area contributed by atoms with Crippen molar-refractivity contribution in [1.29, 1.82) is 0 Å². The number of carbonyl (C=O) groups excluding carboxylic acids is 1. The van der Waals surface area contributed by atoms with Crippen LogP contribution in [0.5, 0.6) is 0 Å². The molecule has 0 aliphatic carbocycles. The van der Waals surface area contributed by atoms with Crippen LogP contribution in [-0.2, 0) is 19.6 Å². The van der Waals surface area contributed by atoms with Gasteiger partial charge in [0.05, 0.1) is 17.2 Å². The Morgan fingerprint density at radius 1 is 1.35 bits per heavy atom. The van der Waals surface area contributed by atoms with Gasteiger partial charge in [-0.1, -0.05) is 0 Å². The zero-order valence-corrected chi connectivity index (χ0v) is 15.3. The summed E-state index contributed by atoms with van der Waals surface area (Å²) >= 11 is 1.18. The van der Waals surface area contributed by atoms with Crippen molar-refractivity contribution in [2.75, 3.05) is 13.1 Å². The van der Waals surface area contributed by atoms with Crippen molar-refractivity contribution in [3.05, 3.63) is 10.7 Å². The van der Waals surface area contributed by atoms with E-state index in [4.69, 9.17) is 4.74 Å². The average Bonchev–Trinajstić information content (AvgIpc) is 2.87. The summed E-state index contributed by atoms with van der Waals surface area (Å²) in [6.45, 7) is 7.42. The summed E-state index contributed by atoms with van der Waals surface area (Å²) in [5.74, 6) is -0.207. The van der Waals surface area contributed by atoms with Gasteiger partial charge in [-0.05, 0) is 40.5 Å². The molecule has 7 nitrogen and oxygen atoms in total. The highest BCUT2D eigenvalue weighted by atomic mass is 32.2. The summed E-state index contributed by atoms with van der Waals surface area (Å²) in [6.07, 6.45) is 1.24. The van der Waals surface area contributed by atoms with E-state index in [2.05, 4.69) is 10.3 Å². The van der Waals surface area contributed by atoms with Crippen LogP contribution in [0, 0.1) is 13.8 Å². The molecule has 1 N–H and O–H groups in total. The topological polar surface area (TPSA) is 88.6 Å². The van der Waals surface area contributed by atoms with Gasteiger partial charge in [0.15, 0.2) is 9.93 Å². The first-order chi connectivity index (χ1) is 10.6.